The molecule has 3 nitrogen and oxygen atoms in total. The Morgan fingerprint density at radius 3 is 2.81 bits per heavy atom. The summed E-state index contributed by atoms with van der Waals surface area (Å²) < 4.78 is 2.03. The Morgan fingerprint density at radius 2 is 2.19 bits per heavy atom. The Kier molecular flexibility index (Phi) is 3.15. The van der Waals surface area contributed by atoms with E-state index in [2.05, 4.69) is 4.98 Å². The highest BCUT2D eigenvalue weighted by molar-refractivity contribution is 6.33. The highest BCUT2D eigenvalue weighted by atomic mass is 35.5. The molecule has 0 radical (unpaired) electrons. The number of imidazole rings is 1. The van der Waals surface area contributed by atoms with Gasteiger partial charge >= 0.3 is 0 Å². The number of nitrogen functional groups attached to an aromatic ring is 1. The van der Waals surface area contributed by atoms with Crippen molar-refractivity contribution in [3.8, 4) is 0 Å². The first kappa shape index (κ1) is 11.0. The topological polar surface area (TPSA) is 43.8 Å². The van der Waals surface area contributed by atoms with Crippen LogP contribution in [0.15, 0.2) is 30.6 Å². The first-order valence-corrected chi connectivity index (χ1v) is 5.54. The quantitative estimate of drug-likeness (QED) is 0.831. The lowest BCUT2D eigenvalue weighted by molar-refractivity contribution is 0.771. The Bertz CT molecular complexity index is 491. The van der Waals surface area contributed by atoms with E-state index in [1.54, 1.807) is 0 Å². The second-order valence-corrected chi connectivity index (χ2v) is 4.22. The van der Waals surface area contributed by atoms with Crippen LogP contribution in [0, 0.1) is 0 Å². The fraction of sp³-hybridized carbons (Fsp3) is 0.250. The smallest absolute Gasteiger partial charge is 0.108 e. The zero-order chi connectivity index (χ0) is 11.5. The molecule has 1 aromatic carbocycles. The number of nitrogens with zero attached hydrogens (tertiary/aromatic N) is 2. The monoisotopic (exact) mass is 235 g/mol. The van der Waals surface area contributed by atoms with E-state index in [9.17, 15) is 0 Å². The van der Waals surface area contributed by atoms with Gasteiger partial charge in [-0.05, 0) is 24.1 Å². The van der Waals surface area contributed by atoms with Crippen LogP contribution in [-0.2, 0) is 19.9 Å². The van der Waals surface area contributed by atoms with Crippen molar-refractivity contribution in [3.63, 3.8) is 0 Å². The zero-order valence-electron chi connectivity index (χ0n) is 9.15. The zero-order valence-corrected chi connectivity index (χ0v) is 9.91. The van der Waals surface area contributed by atoms with E-state index in [0.29, 0.717) is 10.7 Å². The normalized spacial score (nSPS) is 10.6. The summed E-state index contributed by atoms with van der Waals surface area (Å²) in [5, 5.41) is 0.612. The van der Waals surface area contributed by atoms with Crippen molar-refractivity contribution in [1.29, 1.82) is 0 Å². The molecule has 0 aliphatic heterocycles. The van der Waals surface area contributed by atoms with Crippen LogP contribution in [0.3, 0.4) is 0 Å². The Labute approximate surface area is 99.9 Å². The molecule has 2 rings (SSSR count). The number of anilines is 1. The fourth-order valence-corrected chi connectivity index (χ4v) is 1.76. The summed E-state index contributed by atoms with van der Waals surface area (Å²) in [6.45, 7) is 0. The molecular formula is C12H14ClN3. The molecule has 0 aliphatic carbocycles. The lowest BCUT2D eigenvalue weighted by Gasteiger charge is -2.04. The van der Waals surface area contributed by atoms with Gasteiger partial charge in [0.05, 0.1) is 10.7 Å². The van der Waals surface area contributed by atoms with Crippen molar-refractivity contribution in [2.75, 3.05) is 5.73 Å². The van der Waals surface area contributed by atoms with Crippen LogP contribution >= 0.6 is 11.6 Å². The number of nitrogens with two attached hydrogens (primary N) is 1. The summed E-state index contributed by atoms with van der Waals surface area (Å²) in [6, 6.07) is 5.76. The molecule has 0 fully saturated rings. The van der Waals surface area contributed by atoms with E-state index < -0.39 is 0 Å². The molecule has 2 aromatic rings. The predicted molar refractivity (Wildman–Crippen MR) is 66.5 cm³/mol. The molecule has 0 bridgehead atoms. The summed E-state index contributed by atoms with van der Waals surface area (Å²) in [5.74, 6) is 1.08. The lowest BCUT2D eigenvalue weighted by atomic mass is 10.1. The van der Waals surface area contributed by atoms with Crippen LogP contribution in [0.1, 0.15) is 11.4 Å². The minimum atomic E-state index is 0.612. The summed E-state index contributed by atoms with van der Waals surface area (Å²) in [5.41, 5.74) is 7.57. The Morgan fingerprint density at radius 1 is 1.38 bits per heavy atom. The largest absolute Gasteiger partial charge is 0.398 e. The van der Waals surface area contributed by atoms with E-state index in [4.69, 9.17) is 17.3 Å². The maximum Gasteiger partial charge on any atom is 0.108 e. The van der Waals surface area contributed by atoms with Gasteiger partial charge in [-0.3, -0.25) is 0 Å². The van der Waals surface area contributed by atoms with Gasteiger partial charge in [-0.1, -0.05) is 17.7 Å². The molecule has 4 heteroatoms. The number of aromatic nitrogens is 2. The molecule has 16 heavy (non-hydrogen) atoms. The van der Waals surface area contributed by atoms with Crippen molar-refractivity contribution < 1.29 is 0 Å². The minimum Gasteiger partial charge on any atom is -0.398 e. The fourth-order valence-electron chi connectivity index (χ4n) is 1.64. The van der Waals surface area contributed by atoms with Crippen molar-refractivity contribution in [2.24, 2.45) is 7.05 Å². The summed E-state index contributed by atoms with van der Waals surface area (Å²) in [4.78, 5) is 4.28. The number of hydrogen-bond donors (Lipinski definition) is 1. The average Bonchev–Trinajstić information content (AvgIpc) is 2.66. The van der Waals surface area contributed by atoms with E-state index in [1.165, 1.54) is 5.56 Å². The first-order chi connectivity index (χ1) is 7.66. The van der Waals surface area contributed by atoms with Gasteiger partial charge < -0.3 is 10.3 Å². The van der Waals surface area contributed by atoms with Gasteiger partial charge in [0.2, 0.25) is 0 Å². The van der Waals surface area contributed by atoms with Gasteiger partial charge in [0.25, 0.3) is 0 Å². The molecule has 0 saturated carbocycles. The summed E-state index contributed by atoms with van der Waals surface area (Å²) in [7, 11) is 2.00. The van der Waals surface area contributed by atoms with E-state index >= 15 is 0 Å². The Balaban J connectivity index is 2.05. The molecule has 0 spiro atoms. The maximum atomic E-state index is 5.86. The van der Waals surface area contributed by atoms with Crippen molar-refractivity contribution in [1.82, 2.24) is 9.55 Å². The maximum absolute atomic E-state index is 5.86. The SMILES string of the molecule is Cn1ccnc1CCc1ccc(Cl)c(N)c1. The number of rotatable bonds is 3. The second-order valence-electron chi connectivity index (χ2n) is 3.81. The van der Waals surface area contributed by atoms with Crippen LogP contribution in [0.4, 0.5) is 5.69 Å². The van der Waals surface area contributed by atoms with Crippen molar-refractivity contribution in [2.45, 2.75) is 12.8 Å². The third-order valence-corrected chi connectivity index (χ3v) is 2.96. The van der Waals surface area contributed by atoms with Gasteiger partial charge in [-0.2, -0.15) is 0 Å². The molecule has 84 valence electrons. The number of aryl methyl sites for hydroxylation is 3. The Hall–Kier alpha value is -1.48. The van der Waals surface area contributed by atoms with Crippen LogP contribution < -0.4 is 5.73 Å². The van der Waals surface area contributed by atoms with Crippen LogP contribution in [0.5, 0.6) is 0 Å². The minimum absolute atomic E-state index is 0.612. The average molecular weight is 236 g/mol. The summed E-state index contributed by atoms with van der Waals surface area (Å²) in [6.07, 6.45) is 5.59. The molecule has 0 saturated heterocycles. The molecule has 1 aromatic heterocycles. The molecule has 2 N–H and O–H groups in total. The molecule has 0 aliphatic rings. The van der Waals surface area contributed by atoms with E-state index in [-0.39, 0.29) is 0 Å². The van der Waals surface area contributed by atoms with E-state index in [0.717, 1.165) is 18.7 Å². The van der Waals surface area contributed by atoms with Crippen molar-refractivity contribution >= 4 is 17.3 Å². The van der Waals surface area contributed by atoms with Gasteiger partial charge in [0.1, 0.15) is 5.82 Å². The molecular weight excluding hydrogens is 222 g/mol. The van der Waals surface area contributed by atoms with Gasteiger partial charge in [0.15, 0.2) is 0 Å². The lowest BCUT2D eigenvalue weighted by Crippen LogP contribution is -2.00. The number of halogens is 1. The van der Waals surface area contributed by atoms with Gasteiger partial charge in [0, 0.05) is 25.9 Å². The standard InChI is InChI=1S/C12H14ClN3/c1-16-7-6-15-12(16)5-3-9-2-4-10(13)11(14)8-9/h2,4,6-8H,3,5,14H2,1H3. The number of benzene rings is 1. The summed E-state index contributed by atoms with van der Waals surface area (Å²) >= 11 is 5.86. The molecule has 1 heterocycles. The van der Waals surface area contributed by atoms with Crippen LogP contribution in [-0.4, -0.2) is 9.55 Å². The van der Waals surface area contributed by atoms with Gasteiger partial charge in [-0.25, -0.2) is 4.98 Å². The molecule has 0 unspecified atom stereocenters. The van der Waals surface area contributed by atoms with E-state index in [1.807, 2.05) is 42.2 Å². The third-order valence-electron chi connectivity index (χ3n) is 2.62. The van der Waals surface area contributed by atoms with Gasteiger partial charge in [-0.15, -0.1) is 0 Å². The highest BCUT2D eigenvalue weighted by Crippen LogP contribution is 2.20. The molecule has 0 atom stereocenters. The predicted octanol–water partition coefficient (Wildman–Crippen LogP) is 2.44. The highest BCUT2D eigenvalue weighted by Gasteiger charge is 2.02. The second kappa shape index (κ2) is 4.58. The molecule has 0 amide bonds. The van der Waals surface area contributed by atoms with Crippen molar-refractivity contribution in [3.05, 3.63) is 47.0 Å². The first-order valence-electron chi connectivity index (χ1n) is 5.17. The van der Waals surface area contributed by atoms with Crippen LogP contribution in [0.2, 0.25) is 5.02 Å². The third kappa shape index (κ3) is 2.36. The van der Waals surface area contributed by atoms with Crippen LogP contribution in [0.25, 0.3) is 0 Å². The number of hydrogen-bond acceptors (Lipinski definition) is 2.